The van der Waals surface area contributed by atoms with Gasteiger partial charge >= 0.3 is 0 Å². The van der Waals surface area contributed by atoms with E-state index in [-0.39, 0.29) is 6.04 Å². The molecule has 3 aromatic rings. The van der Waals surface area contributed by atoms with E-state index in [2.05, 4.69) is 30.4 Å². The van der Waals surface area contributed by atoms with Crippen molar-refractivity contribution in [2.75, 3.05) is 5.32 Å². The minimum absolute atomic E-state index is 0.00426. The topological polar surface area (TPSA) is 89.6 Å². The summed E-state index contributed by atoms with van der Waals surface area (Å²) in [5.74, 6) is 0.690. The molecule has 1 atom stereocenters. The number of rotatable bonds is 3. The Bertz CT molecular complexity index is 696. The summed E-state index contributed by atoms with van der Waals surface area (Å²) in [6.45, 7) is 3.86. The summed E-state index contributed by atoms with van der Waals surface area (Å²) in [5, 5.41) is 7.97. The SMILES string of the molecule is Cc1noc2ncnc(NC(C)c3ccncn3)c12. The van der Waals surface area contributed by atoms with Gasteiger partial charge in [0.25, 0.3) is 5.71 Å². The Hall–Kier alpha value is -2.57. The summed E-state index contributed by atoms with van der Waals surface area (Å²) in [4.78, 5) is 16.4. The monoisotopic (exact) mass is 256 g/mol. The molecule has 3 heterocycles. The van der Waals surface area contributed by atoms with E-state index >= 15 is 0 Å². The summed E-state index contributed by atoms with van der Waals surface area (Å²) in [7, 11) is 0. The minimum atomic E-state index is -0.00426. The smallest absolute Gasteiger partial charge is 0.263 e. The first-order valence-electron chi connectivity index (χ1n) is 5.85. The van der Waals surface area contributed by atoms with Gasteiger partial charge < -0.3 is 9.84 Å². The maximum absolute atomic E-state index is 5.11. The zero-order valence-corrected chi connectivity index (χ0v) is 10.5. The van der Waals surface area contributed by atoms with E-state index in [0.29, 0.717) is 11.5 Å². The summed E-state index contributed by atoms with van der Waals surface area (Å²) < 4.78 is 5.11. The molecule has 0 saturated carbocycles. The van der Waals surface area contributed by atoms with Crippen molar-refractivity contribution < 1.29 is 4.52 Å². The Morgan fingerprint density at radius 1 is 1.21 bits per heavy atom. The molecule has 0 bridgehead atoms. The Balaban J connectivity index is 1.95. The standard InChI is InChI=1S/C12H12N6O/c1-7(9-3-4-13-5-14-9)17-11-10-8(2)18-19-12(10)16-6-15-11/h3-7H,1-2H3,(H,15,16,17). The molecule has 0 aliphatic rings. The maximum Gasteiger partial charge on any atom is 0.263 e. The molecule has 3 aromatic heterocycles. The molecule has 0 aliphatic carbocycles. The largest absolute Gasteiger partial charge is 0.361 e. The number of nitrogens with one attached hydrogen (secondary N) is 1. The second-order valence-electron chi connectivity index (χ2n) is 4.17. The van der Waals surface area contributed by atoms with Crippen LogP contribution in [-0.2, 0) is 0 Å². The van der Waals surface area contributed by atoms with Crippen LogP contribution >= 0.6 is 0 Å². The number of anilines is 1. The fraction of sp³-hybridized carbons (Fsp3) is 0.250. The van der Waals surface area contributed by atoms with E-state index < -0.39 is 0 Å². The number of nitrogens with zero attached hydrogens (tertiary/aromatic N) is 5. The molecule has 7 heteroatoms. The molecule has 0 radical (unpaired) electrons. The first kappa shape index (κ1) is 11.5. The lowest BCUT2D eigenvalue weighted by atomic mass is 10.2. The van der Waals surface area contributed by atoms with Crippen LogP contribution in [0.5, 0.6) is 0 Å². The molecular weight excluding hydrogens is 244 g/mol. The van der Waals surface area contributed by atoms with Gasteiger partial charge in [0.2, 0.25) is 0 Å². The fourth-order valence-corrected chi connectivity index (χ4v) is 1.87. The first-order valence-corrected chi connectivity index (χ1v) is 5.85. The van der Waals surface area contributed by atoms with Crippen LogP contribution in [-0.4, -0.2) is 25.1 Å². The number of fused-ring (bicyclic) bond motifs is 1. The van der Waals surface area contributed by atoms with E-state index in [9.17, 15) is 0 Å². The molecule has 0 spiro atoms. The van der Waals surface area contributed by atoms with Gasteiger partial charge in [-0.15, -0.1) is 0 Å². The van der Waals surface area contributed by atoms with E-state index in [1.54, 1.807) is 6.20 Å². The van der Waals surface area contributed by atoms with E-state index in [1.165, 1.54) is 12.7 Å². The quantitative estimate of drug-likeness (QED) is 0.765. The lowest BCUT2D eigenvalue weighted by molar-refractivity contribution is 0.442. The highest BCUT2D eigenvalue weighted by Crippen LogP contribution is 2.25. The van der Waals surface area contributed by atoms with E-state index in [0.717, 1.165) is 16.8 Å². The van der Waals surface area contributed by atoms with Gasteiger partial charge in [-0.3, -0.25) is 0 Å². The van der Waals surface area contributed by atoms with Gasteiger partial charge in [0, 0.05) is 6.20 Å². The van der Waals surface area contributed by atoms with Crippen LogP contribution in [0, 0.1) is 6.92 Å². The van der Waals surface area contributed by atoms with Crippen molar-refractivity contribution in [3.63, 3.8) is 0 Å². The Morgan fingerprint density at radius 3 is 2.89 bits per heavy atom. The second kappa shape index (κ2) is 4.60. The van der Waals surface area contributed by atoms with Gasteiger partial charge in [-0.05, 0) is 19.9 Å². The summed E-state index contributed by atoms with van der Waals surface area (Å²) in [5.41, 5.74) is 2.12. The van der Waals surface area contributed by atoms with Crippen molar-refractivity contribution in [3.8, 4) is 0 Å². The molecule has 0 saturated heterocycles. The third-order valence-electron chi connectivity index (χ3n) is 2.85. The minimum Gasteiger partial charge on any atom is -0.361 e. The van der Waals surface area contributed by atoms with Gasteiger partial charge in [0.15, 0.2) is 0 Å². The van der Waals surface area contributed by atoms with E-state index in [4.69, 9.17) is 4.52 Å². The zero-order valence-electron chi connectivity index (χ0n) is 10.5. The molecular formula is C12H12N6O. The van der Waals surface area contributed by atoms with Crippen molar-refractivity contribution in [1.82, 2.24) is 25.1 Å². The van der Waals surface area contributed by atoms with Crippen molar-refractivity contribution >= 4 is 16.9 Å². The predicted molar refractivity (Wildman–Crippen MR) is 68.4 cm³/mol. The maximum atomic E-state index is 5.11. The Labute approximate surface area is 109 Å². The zero-order chi connectivity index (χ0) is 13.2. The highest BCUT2D eigenvalue weighted by Gasteiger charge is 2.14. The van der Waals surface area contributed by atoms with Gasteiger partial charge in [0.1, 0.15) is 23.9 Å². The predicted octanol–water partition coefficient (Wildman–Crippen LogP) is 1.89. The van der Waals surface area contributed by atoms with Crippen LogP contribution in [0.2, 0.25) is 0 Å². The van der Waals surface area contributed by atoms with Crippen LogP contribution in [0.4, 0.5) is 5.82 Å². The van der Waals surface area contributed by atoms with Crippen molar-refractivity contribution in [3.05, 3.63) is 36.3 Å². The Kier molecular flexibility index (Phi) is 2.79. The van der Waals surface area contributed by atoms with Gasteiger partial charge in [0.05, 0.1) is 17.4 Å². The molecule has 96 valence electrons. The molecule has 0 aromatic carbocycles. The molecule has 19 heavy (non-hydrogen) atoms. The normalized spacial score (nSPS) is 12.5. The van der Waals surface area contributed by atoms with Crippen LogP contribution < -0.4 is 5.32 Å². The molecule has 1 N–H and O–H groups in total. The first-order chi connectivity index (χ1) is 9.25. The lowest BCUT2D eigenvalue weighted by Crippen LogP contribution is -2.10. The molecule has 0 amide bonds. The molecule has 1 unspecified atom stereocenters. The van der Waals surface area contributed by atoms with Gasteiger partial charge in [-0.2, -0.15) is 4.98 Å². The van der Waals surface area contributed by atoms with E-state index in [1.807, 2.05) is 19.9 Å². The summed E-state index contributed by atoms with van der Waals surface area (Å²) in [6, 6.07) is 1.85. The van der Waals surface area contributed by atoms with Crippen molar-refractivity contribution in [2.45, 2.75) is 19.9 Å². The summed E-state index contributed by atoms with van der Waals surface area (Å²) >= 11 is 0. The highest BCUT2D eigenvalue weighted by atomic mass is 16.5. The lowest BCUT2D eigenvalue weighted by Gasteiger charge is -2.13. The fourth-order valence-electron chi connectivity index (χ4n) is 1.87. The number of aryl methyl sites for hydroxylation is 1. The molecule has 3 rings (SSSR count). The molecule has 0 fully saturated rings. The third kappa shape index (κ3) is 2.10. The average molecular weight is 256 g/mol. The average Bonchev–Trinajstić information content (AvgIpc) is 2.83. The van der Waals surface area contributed by atoms with Crippen LogP contribution in [0.3, 0.4) is 0 Å². The van der Waals surface area contributed by atoms with Crippen LogP contribution in [0.1, 0.15) is 24.4 Å². The number of aromatic nitrogens is 5. The highest BCUT2D eigenvalue weighted by molar-refractivity contribution is 5.87. The van der Waals surface area contributed by atoms with Gasteiger partial charge in [-0.25, -0.2) is 15.0 Å². The molecule has 0 aliphatic heterocycles. The third-order valence-corrected chi connectivity index (χ3v) is 2.85. The van der Waals surface area contributed by atoms with Gasteiger partial charge in [-0.1, -0.05) is 5.16 Å². The number of hydrogen-bond donors (Lipinski definition) is 1. The Morgan fingerprint density at radius 2 is 2.11 bits per heavy atom. The number of hydrogen-bond acceptors (Lipinski definition) is 7. The van der Waals surface area contributed by atoms with Crippen LogP contribution in [0.25, 0.3) is 11.1 Å². The second-order valence-corrected chi connectivity index (χ2v) is 4.17. The molecule has 7 nitrogen and oxygen atoms in total. The van der Waals surface area contributed by atoms with Crippen LogP contribution in [0.15, 0.2) is 29.4 Å². The van der Waals surface area contributed by atoms with Crippen molar-refractivity contribution in [1.29, 1.82) is 0 Å². The van der Waals surface area contributed by atoms with Crippen molar-refractivity contribution in [2.24, 2.45) is 0 Å². The summed E-state index contributed by atoms with van der Waals surface area (Å²) in [6.07, 6.45) is 4.68.